The average Bonchev–Trinajstić information content (AvgIpc) is 2.52. The van der Waals surface area contributed by atoms with Gasteiger partial charge in [-0.2, -0.15) is 0 Å². The minimum atomic E-state index is -0.346. The van der Waals surface area contributed by atoms with E-state index in [2.05, 4.69) is 19.9 Å². The summed E-state index contributed by atoms with van der Waals surface area (Å²) in [5.41, 5.74) is 0.381. The summed E-state index contributed by atoms with van der Waals surface area (Å²) < 4.78 is 14.2. The smallest absolute Gasteiger partial charge is 0.225 e. The van der Waals surface area contributed by atoms with Gasteiger partial charge in [0, 0.05) is 26.2 Å². The molecule has 3 rings (SSSR count). The van der Waals surface area contributed by atoms with E-state index in [1.165, 1.54) is 0 Å². The lowest BCUT2D eigenvalue weighted by molar-refractivity contribution is 0.569. The first-order valence-electron chi connectivity index (χ1n) is 7.03. The van der Waals surface area contributed by atoms with E-state index in [9.17, 15) is 4.39 Å². The molecule has 0 N–H and O–H groups in total. The van der Waals surface area contributed by atoms with Crippen molar-refractivity contribution in [1.82, 2.24) is 19.9 Å². The maximum absolute atomic E-state index is 14.2. The summed E-state index contributed by atoms with van der Waals surface area (Å²) in [5.74, 6) is 1.25. The van der Waals surface area contributed by atoms with Crippen molar-refractivity contribution in [3.05, 3.63) is 34.8 Å². The standard InChI is InChI=1S/C14H16ClFN6/c1-9-12(16)13(20-10(2)19-9)21-3-5-22(6-4-21)14-17-7-11(15)8-18-14/h7-8H,3-6H2,1-2H3. The van der Waals surface area contributed by atoms with Crippen molar-refractivity contribution >= 4 is 23.4 Å². The lowest BCUT2D eigenvalue weighted by Gasteiger charge is -2.35. The van der Waals surface area contributed by atoms with Gasteiger partial charge in [0.15, 0.2) is 11.6 Å². The third-order valence-corrected chi connectivity index (χ3v) is 3.78. The van der Waals surface area contributed by atoms with Crippen LogP contribution in [0.25, 0.3) is 0 Å². The molecule has 2 aromatic rings. The van der Waals surface area contributed by atoms with Gasteiger partial charge in [-0.15, -0.1) is 0 Å². The Kier molecular flexibility index (Phi) is 4.06. The summed E-state index contributed by atoms with van der Waals surface area (Å²) in [7, 11) is 0. The maximum Gasteiger partial charge on any atom is 0.225 e. The molecule has 1 saturated heterocycles. The molecule has 0 spiro atoms. The zero-order valence-corrected chi connectivity index (χ0v) is 13.2. The normalized spacial score (nSPS) is 15.3. The van der Waals surface area contributed by atoms with E-state index in [1.54, 1.807) is 26.2 Å². The van der Waals surface area contributed by atoms with Crippen LogP contribution in [-0.2, 0) is 0 Å². The summed E-state index contributed by atoms with van der Waals surface area (Å²) in [6.45, 7) is 6.13. The zero-order chi connectivity index (χ0) is 15.7. The predicted octanol–water partition coefficient (Wildman–Crippen LogP) is 2.00. The fourth-order valence-electron chi connectivity index (χ4n) is 2.48. The zero-order valence-electron chi connectivity index (χ0n) is 12.4. The Hall–Kier alpha value is -2.02. The molecule has 1 aliphatic heterocycles. The van der Waals surface area contributed by atoms with Crippen LogP contribution < -0.4 is 9.80 Å². The SMILES string of the molecule is Cc1nc(C)c(F)c(N2CCN(c3ncc(Cl)cn3)CC2)n1. The predicted molar refractivity (Wildman–Crippen MR) is 82.9 cm³/mol. The second kappa shape index (κ2) is 6.00. The van der Waals surface area contributed by atoms with Gasteiger partial charge in [-0.3, -0.25) is 0 Å². The minimum Gasteiger partial charge on any atom is -0.351 e. The first-order chi connectivity index (χ1) is 10.5. The van der Waals surface area contributed by atoms with Crippen LogP contribution in [0, 0.1) is 19.7 Å². The molecule has 22 heavy (non-hydrogen) atoms. The summed E-state index contributed by atoms with van der Waals surface area (Å²) in [4.78, 5) is 20.7. The van der Waals surface area contributed by atoms with Gasteiger partial charge in [-0.05, 0) is 13.8 Å². The quantitative estimate of drug-likeness (QED) is 0.843. The van der Waals surface area contributed by atoms with Gasteiger partial charge < -0.3 is 9.80 Å². The third-order valence-electron chi connectivity index (χ3n) is 3.58. The van der Waals surface area contributed by atoms with E-state index >= 15 is 0 Å². The molecule has 0 amide bonds. The van der Waals surface area contributed by atoms with Crippen molar-refractivity contribution in [2.24, 2.45) is 0 Å². The summed E-state index contributed by atoms with van der Waals surface area (Å²) in [6, 6.07) is 0. The highest BCUT2D eigenvalue weighted by atomic mass is 35.5. The summed E-state index contributed by atoms with van der Waals surface area (Å²) >= 11 is 5.79. The number of hydrogen-bond donors (Lipinski definition) is 0. The topological polar surface area (TPSA) is 58.0 Å². The van der Waals surface area contributed by atoms with E-state index in [0.717, 1.165) is 0 Å². The van der Waals surface area contributed by atoms with Gasteiger partial charge >= 0.3 is 0 Å². The van der Waals surface area contributed by atoms with Gasteiger partial charge in [0.1, 0.15) is 5.82 Å². The Balaban J connectivity index is 1.73. The lowest BCUT2D eigenvalue weighted by Crippen LogP contribution is -2.47. The molecule has 2 aromatic heterocycles. The fourth-order valence-corrected chi connectivity index (χ4v) is 2.58. The molecule has 0 saturated carbocycles. The molecular weight excluding hydrogens is 307 g/mol. The van der Waals surface area contributed by atoms with Crippen molar-refractivity contribution in [3.63, 3.8) is 0 Å². The van der Waals surface area contributed by atoms with Crippen molar-refractivity contribution in [1.29, 1.82) is 0 Å². The molecule has 0 aromatic carbocycles. The van der Waals surface area contributed by atoms with Crippen LogP contribution >= 0.6 is 11.6 Å². The molecule has 1 aliphatic rings. The largest absolute Gasteiger partial charge is 0.351 e. The number of aromatic nitrogens is 4. The van der Waals surface area contributed by atoms with Crippen LogP contribution in [0.15, 0.2) is 12.4 Å². The van der Waals surface area contributed by atoms with Crippen molar-refractivity contribution < 1.29 is 4.39 Å². The number of nitrogens with zero attached hydrogens (tertiary/aromatic N) is 6. The Morgan fingerprint density at radius 3 is 2.23 bits per heavy atom. The second-order valence-corrected chi connectivity index (χ2v) is 5.61. The molecule has 6 nitrogen and oxygen atoms in total. The lowest BCUT2D eigenvalue weighted by atomic mass is 10.3. The number of hydrogen-bond acceptors (Lipinski definition) is 6. The molecular formula is C14H16ClFN6. The highest BCUT2D eigenvalue weighted by molar-refractivity contribution is 6.30. The molecule has 0 unspecified atom stereocenters. The second-order valence-electron chi connectivity index (χ2n) is 5.17. The van der Waals surface area contributed by atoms with E-state index in [1.807, 2.05) is 9.80 Å². The number of aryl methyl sites for hydroxylation is 2. The Morgan fingerprint density at radius 1 is 1.00 bits per heavy atom. The molecule has 3 heterocycles. The average molecular weight is 323 g/mol. The van der Waals surface area contributed by atoms with Gasteiger partial charge in [0.2, 0.25) is 5.95 Å². The highest BCUT2D eigenvalue weighted by Crippen LogP contribution is 2.21. The van der Waals surface area contributed by atoms with Crippen molar-refractivity contribution in [3.8, 4) is 0 Å². The van der Waals surface area contributed by atoms with Crippen molar-refractivity contribution in [2.75, 3.05) is 36.0 Å². The number of anilines is 2. The molecule has 0 atom stereocenters. The Morgan fingerprint density at radius 2 is 1.59 bits per heavy atom. The first-order valence-corrected chi connectivity index (χ1v) is 7.40. The molecule has 0 radical (unpaired) electrons. The number of halogens is 2. The van der Waals surface area contributed by atoms with Gasteiger partial charge in [0.25, 0.3) is 0 Å². The summed E-state index contributed by atoms with van der Waals surface area (Å²) in [5, 5.41) is 0.511. The monoisotopic (exact) mass is 322 g/mol. The third kappa shape index (κ3) is 2.94. The fraction of sp³-hybridized carbons (Fsp3) is 0.429. The molecule has 8 heteroatoms. The number of piperazine rings is 1. The van der Waals surface area contributed by atoms with E-state index in [0.29, 0.717) is 54.5 Å². The van der Waals surface area contributed by atoms with Crippen LogP contribution in [0.4, 0.5) is 16.2 Å². The van der Waals surface area contributed by atoms with E-state index in [4.69, 9.17) is 11.6 Å². The minimum absolute atomic E-state index is 0.346. The van der Waals surface area contributed by atoms with E-state index < -0.39 is 0 Å². The Labute approximate surface area is 133 Å². The Bertz CT molecular complexity index is 670. The molecule has 1 fully saturated rings. The summed E-state index contributed by atoms with van der Waals surface area (Å²) in [6.07, 6.45) is 3.15. The maximum atomic E-state index is 14.2. The van der Waals surface area contributed by atoms with Crippen LogP contribution in [0.1, 0.15) is 11.5 Å². The number of rotatable bonds is 2. The van der Waals surface area contributed by atoms with Crippen LogP contribution in [-0.4, -0.2) is 46.1 Å². The first kappa shape index (κ1) is 14.9. The van der Waals surface area contributed by atoms with Gasteiger partial charge in [0.05, 0.1) is 23.1 Å². The van der Waals surface area contributed by atoms with Crippen LogP contribution in [0.5, 0.6) is 0 Å². The van der Waals surface area contributed by atoms with Crippen LogP contribution in [0.3, 0.4) is 0 Å². The van der Waals surface area contributed by atoms with Crippen molar-refractivity contribution in [2.45, 2.75) is 13.8 Å². The molecule has 116 valence electrons. The van der Waals surface area contributed by atoms with E-state index in [-0.39, 0.29) is 5.82 Å². The highest BCUT2D eigenvalue weighted by Gasteiger charge is 2.23. The van der Waals surface area contributed by atoms with Gasteiger partial charge in [-0.1, -0.05) is 11.6 Å². The molecule has 0 aliphatic carbocycles. The molecule has 0 bridgehead atoms. The van der Waals surface area contributed by atoms with Crippen LogP contribution in [0.2, 0.25) is 5.02 Å². The van der Waals surface area contributed by atoms with Gasteiger partial charge in [-0.25, -0.2) is 24.3 Å².